The number of carbonyl (C=O) groups is 2. The molecule has 18 heavy (non-hydrogen) atoms. The summed E-state index contributed by atoms with van der Waals surface area (Å²) in [5, 5.41) is 12.8. The van der Waals surface area contributed by atoms with Crippen molar-refractivity contribution in [1.29, 1.82) is 0 Å². The van der Waals surface area contributed by atoms with Crippen molar-refractivity contribution in [2.24, 2.45) is 13.0 Å². The molecular formula is C12H19N3O3. The average molecular weight is 253 g/mol. The van der Waals surface area contributed by atoms with Crippen molar-refractivity contribution in [1.82, 2.24) is 14.7 Å². The van der Waals surface area contributed by atoms with E-state index in [1.807, 2.05) is 13.2 Å². The van der Waals surface area contributed by atoms with Crippen LogP contribution in [0.3, 0.4) is 0 Å². The summed E-state index contributed by atoms with van der Waals surface area (Å²) < 4.78 is 1.69. The Hall–Kier alpha value is -1.85. The fourth-order valence-electron chi connectivity index (χ4n) is 1.63. The van der Waals surface area contributed by atoms with E-state index in [-0.39, 0.29) is 12.5 Å². The molecule has 1 heterocycles. The van der Waals surface area contributed by atoms with E-state index < -0.39 is 11.9 Å². The first-order valence-corrected chi connectivity index (χ1v) is 5.84. The van der Waals surface area contributed by atoms with Crippen molar-refractivity contribution in [3.8, 4) is 0 Å². The summed E-state index contributed by atoms with van der Waals surface area (Å²) in [6, 6.07) is 0. The molecule has 0 saturated heterocycles. The van der Waals surface area contributed by atoms with Crippen molar-refractivity contribution in [3.63, 3.8) is 0 Å². The highest BCUT2D eigenvalue weighted by atomic mass is 16.4. The van der Waals surface area contributed by atoms with Gasteiger partial charge in [-0.25, -0.2) is 0 Å². The van der Waals surface area contributed by atoms with Gasteiger partial charge in [-0.3, -0.25) is 14.3 Å². The maximum absolute atomic E-state index is 11.8. The van der Waals surface area contributed by atoms with E-state index in [9.17, 15) is 9.59 Å². The minimum absolute atomic E-state index is 0.0491. The van der Waals surface area contributed by atoms with Crippen LogP contribution >= 0.6 is 0 Å². The zero-order valence-corrected chi connectivity index (χ0v) is 11.0. The van der Waals surface area contributed by atoms with Gasteiger partial charge in [0.15, 0.2) is 0 Å². The van der Waals surface area contributed by atoms with Crippen LogP contribution in [0.15, 0.2) is 12.4 Å². The highest BCUT2D eigenvalue weighted by Crippen LogP contribution is 2.05. The smallest absolute Gasteiger partial charge is 0.308 e. The Bertz CT molecular complexity index is 428. The molecule has 1 rings (SSSR count). The van der Waals surface area contributed by atoms with E-state index in [4.69, 9.17) is 5.11 Å². The van der Waals surface area contributed by atoms with Crippen LogP contribution in [0.1, 0.15) is 18.9 Å². The Balaban J connectivity index is 2.38. The second-order valence-corrected chi connectivity index (χ2v) is 4.54. The summed E-state index contributed by atoms with van der Waals surface area (Å²) in [5.41, 5.74) is 1.01. The number of nitrogens with zero attached hydrogens (tertiary/aromatic N) is 3. The van der Waals surface area contributed by atoms with Crippen LogP contribution in [0.25, 0.3) is 0 Å². The molecule has 0 radical (unpaired) electrons. The maximum atomic E-state index is 11.8. The van der Waals surface area contributed by atoms with Gasteiger partial charge < -0.3 is 10.0 Å². The van der Waals surface area contributed by atoms with Gasteiger partial charge in [-0.1, -0.05) is 6.92 Å². The van der Waals surface area contributed by atoms with E-state index in [1.54, 1.807) is 24.9 Å². The number of carboxylic acid groups (broad SMARTS) is 1. The third kappa shape index (κ3) is 4.20. The number of hydrogen-bond acceptors (Lipinski definition) is 3. The number of aliphatic carboxylic acids is 1. The number of amides is 1. The highest BCUT2D eigenvalue weighted by molar-refractivity contribution is 5.77. The molecule has 0 bridgehead atoms. The molecule has 100 valence electrons. The van der Waals surface area contributed by atoms with E-state index in [0.29, 0.717) is 12.8 Å². The molecule has 1 aromatic rings. The molecule has 0 aromatic carbocycles. The lowest BCUT2D eigenvalue weighted by Gasteiger charge is -2.19. The van der Waals surface area contributed by atoms with Crippen LogP contribution < -0.4 is 0 Å². The second-order valence-electron chi connectivity index (χ2n) is 4.54. The first kappa shape index (κ1) is 14.2. The summed E-state index contributed by atoms with van der Waals surface area (Å²) in [6.07, 6.45) is 4.59. The zero-order chi connectivity index (χ0) is 13.7. The molecule has 0 aliphatic rings. The van der Waals surface area contributed by atoms with Crippen molar-refractivity contribution < 1.29 is 14.7 Å². The number of carbonyl (C=O) groups excluding carboxylic acids is 1. The van der Waals surface area contributed by atoms with Gasteiger partial charge in [0.25, 0.3) is 0 Å². The zero-order valence-electron chi connectivity index (χ0n) is 11.0. The Morgan fingerprint density at radius 1 is 1.56 bits per heavy atom. The lowest BCUT2D eigenvalue weighted by Crippen LogP contribution is -2.33. The molecule has 6 nitrogen and oxygen atoms in total. The molecule has 1 atom stereocenters. The third-order valence-corrected chi connectivity index (χ3v) is 2.78. The summed E-state index contributed by atoms with van der Waals surface area (Å²) in [7, 11) is 3.46. The van der Waals surface area contributed by atoms with E-state index in [1.165, 1.54) is 4.90 Å². The highest BCUT2D eigenvalue weighted by Gasteiger charge is 2.17. The lowest BCUT2D eigenvalue weighted by molar-refractivity contribution is -0.142. The minimum Gasteiger partial charge on any atom is -0.481 e. The van der Waals surface area contributed by atoms with Gasteiger partial charge in [-0.2, -0.15) is 5.10 Å². The predicted octanol–water partition coefficient (Wildman–Crippen LogP) is 0.532. The van der Waals surface area contributed by atoms with Gasteiger partial charge in [0, 0.05) is 33.3 Å². The molecule has 0 fully saturated rings. The molecule has 6 heteroatoms. The summed E-state index contributed by atoms with van der Waals surface area (Å²) in [4.78, 5) is 23.9. The first-order valence-electron chi connectivity index (χ1n) is 5.84. The van der Waals surface area contributed by atoms with E-state index in [0.717, 1.165) is 5.56 Å². The standard InChI is InChI=1S/C12H19N3O3/c1-9(12(17)18)7-14(2)11(16)5-4-10-6-13-15(3)8-10/h6,8-9H,4-5,7H2,1-3H3,(H,17,18). The van der Waals surface area contributed by atoms with Gasteiger partial charge in [-0.15, -0.1) is 0 Å². The van der Waals surface area contributed by atoms with E-state index >= 15 is 0 Å². The Morgan fingerprint density at radius 3 is 2.72 bits per heavy atom. The molecule has 1 unspecified atom stereocenters. The monoisotopic (exact) mass is 253 g/mol. The number of aromatic nitrogens is 2. The largest absolute Gasteiger partial charge is 0.481 e. The number of carboxylic acids is 1. The van der Waals surface area contributed by atoms with Gasteiger partial charge in [0.1, 0.15) is 0 Å². The molecule has 0 aliphatic carbocycles. The second kappa shape index (κ2) is 6.18. The van der Waals surface area contributed by atoms with Crippen LogP contribution in [-0.2, 0) is 23.1 Å². The summed E-state index contributed by atoms with van der Waals surface area (Å²) >= 11 is 0. The minimum atomic E-state index is -0.887. The maximum Gasteiger partial charge on any atom is 0.308 e. The van der Waals surface area contributed by atoms with E-state index in [2.05, 4.69) is 5.10 Å². The van der Waals surface area contributed by atoms with Gasteiger partial charge in [0.2, 0.25) is 5.91 Å². The normalized spacial score (nSPS) is 12.2. The third-order valence-electron chi connectivity index (χ3n) is 2.78. The van der Waals surface area contributed by atoms with Crippen LogP contribution in [-0.4, -0.2) is 45.3 Å². The Kier molecular flexibility index (Phi) is 4.88. The molecule has 0 aliphatic heterocycles. The van der Waals surface area contributed by atoms with Crippen LogP contribution in [0, 0.1) is 5.92 Å². The van der Waals surface area contributed by atoms with Crippen molar-refractivity contribution in [3.05, 3.63) is 18.0 Å². The van der Waals surface area contributed by atoms with Crippen LogP contribution in [0.5, 0.6) is 0 Å². The van der Waals surface area contributed by atoms with Gasteiger partial charge >= 0.3 is 5.97 Å². The van der Waals surface area contributed by atoms with Gasteiger partial charge in [-0.05, 0) is 12.0 Å². The number of hydrogen-bond donors (Lipinski definition) is 1. The molecule has 0 saturated carbocycles. The SMILES string of the molecule is CC(CN(C)C(=O)CCc1cnn(C)c1)C(=O)O. The molecule has 0 spiro atoms. The summed E-state index contributed by atoms with van der Waals surface area (Å²) in [5.74, 6) is -1.48. The van der Waals surface area contributed by atoms with Crippen LogP contribution in [0.4, 0.5) is 0 Å². The van der Waals surface area contributed by atoms with Gasteiger partial charge in [0.05, 0.1) is 12.1 Å². The van der Waals surface area contributed by atoms with Crippen molar-refractivity contribution in [2.45, 2.75) is 19.8 Å². The fraction of sp³-hybridized carbons (Fsp3) is 0.583. The van der Waals surface area contributed by atoms with Crippen molar-refractivity contribution in [2.75, 3.05) is 13.6 Å². The quantitative estimate of drug-likeness (QED) is 0.802. The Morgan fingerprint density at radius 2 is 2.22 bits per heavy atom. The molecule has 1 N–H and O–H groups in total. The predicted molar refractivity (Wildman–Crippen MR) is 66.0 cm³/mol. The molecular weight excluding hydrogens is 234 g/mol. The lowest BCUT2D eigenvalue weighted by atomic mass is 10.1. The molecule has 1 amide bonds. The average Bonchev–Trinajstić information content (AvgIpc) is 2.71. The topological polar surface area (TPSA) is 75.4 Å². The Labute approximate surface area is 106 Å². The first-order chi connectivity index (χ1) is 8.40. The summed E-state index contributed by atoms with van der Waals surface area (Å²) in [6.45, 7) is 1.83. The number of aryl methyl sites for hydroxylation is 2. The van der Waals surface area contributed by atoms with Crippen LogP contribution in [0.2, 0.25) is 0 Å². The fourth-order valence-corrected chi connectivity index (χ4v) is 1.63. The number of rotatable bonds is 6. The molecule has 1 aromatic heterocycles. The van der Waals surface area contributed by atoms with Crippen molar-refractivity contribution >= 4 is 11.9 Å².